The molecule has 0 bridgehead atoms. The highest BCUT2D eigenvalue weighted by Crippen LogP contribution is 2.09. The van der Waals surface area contributed by atoms with E-state index in [1.807, 2.05) is 0 Å². The molecule has 8 amide bonds. The minimum atomic E-state index is -1.94. The monoisotopic (exact) mass is 1010 g/mol. The van der Waals surface area contributed by atoms with Crippen molar-refractivity contribution in [1.29, 1.82) is 0 Å². The quantitative estimate of drug-likeness (QED) is 0.0177. The number of carbonyl (C=O) groups is 10. The molecule has 10 unspecified atom stereocenters. The molecule has 10 atom stereocenters. The fourth-order valence-corrected chi connectivity index (χ4v) is 6.35. The number of H-pyrrole nitrogens is 1. The van der Waals surface area contributed by atoms with Gasteiger partial charge >= 0.3 is 11.9 Å². The van der Waals surface area contributed by atoms with Crippen LogP contribution in [-0.4, -0.2) is 193 Å². The molecule has 0 spiro atoms. The first-order chi connectivity index (χ1) is 33.3. The van der Waals surface area contributed by atoms with Crippen LogP contribution in [0.25, 0.3) is 0 Å². The van der Waals surface area contributed by atoms with Crippen LogP contribution in [0.2, 0.25) is 0 Å². The lowest BCUT2D eigenvalue weighted by Crippen LogP contribution is -2.62. The third-order valence-corrected chi connectivity index (χ3v) is 10.3. The summed E-state index contributed by atoms with van der Waals surface area (Å²) in [5.74, 6) is -12.6. The number of aromatic amines is 1. The maximum atomic E-state index is 13.9. The van der Waals surface area contributed by atoms with E-state index in [0.29, 0.717) is 6.42 Å². The molecule has 0 aliphatic rings. The first-order valence-corrected chi connectivity index (χ1v) is 22.4. The Hall–Kier alpha value is -7.02. The van der Waals surface area contributed by atoms with E-state index in [1.165, 1.54) is 26.4 Å². The van der Waals surface area contributed by atoms with Crippen molar-refractivity contribution in [3.8, 4) is 0 Å². The highest BCUT2D eigenvalue weighted by Gasteiger charge is 2.36. The van der Waals surface area contributed by atoms with Gasteiger partial charge in [-0.2, -0.15) is 0 Å². The van der Waals surface area contributed by atoms with Gasteiger partial charge in [0, 0.05) is 31.3 Å². The van der Waals surface area contributed by atoms with Gasteiger partial charge in [0.15, 0.2) is 5.96 Å². The molecule has 400 valence electrons. The number of carbonyl (C=O) groups excluding carboxylic acids is 8. The van der Waals surface area contributed by atoms with Crippen molar-refractivity contribution >= 4 is 65.2 Å². The lowest BCUT2D eigenvalue weighted by molar-refractivity contribution is -0.144. The molecular formula is C41H70N14O16. The number of rotatable bonds is 33. The van der Waals surface area contributed by atoms with Gasteiger partial charge in [-0.1, -0.05) is 27.7 Å². The van der Waals surface area contributed by atoms with Gasteiger partial charge in [0.2, 0.25) is 47.3 Å². The Morgan fingerprint density at radius 2 is 1.07 bits per heavy atom. The molecule has 0 saturated heterocycles. The number of aliphatic carboxylic acids is 2. The second kappa shape index (κ2) is 31.3. The van der Waals surface area contributed by atoms with Crippen molar-refractivity contribution in [2.24, 2.45) is 34.0 Å². The number of hydrogen-bond donors (Lipinski definition) is 18. The van der Waals surface area contributed by atoms with Crippen molar-refractivity contribution in [3.63, 3.8) is 0 Å². The number of hydrogen-bond acceptors (Lipinski definition) is 17. The molecule has 1 aromatic rings. The minimum absolute atomic E-state index is 0.0556. The average molecular weight is 1020 g/mol. The van der Waals surface area contributed by atoms with Crippen LogP contribution in [0.3, 0.4) is 0 Å². The number of carboxylic acids is 2. The number of imidazole rings is 1. The van der Waals surface area contributed by atoms with Crippen LogP contribution in [0.1, 0.15) is 72.4 Å². The fraction of sp³-hybridized carbons (Fsp3) is 0.659. The molecule has 1 aromatic heterocycles. The van der Waals surface area contributed by atoms with E-state index < -0.39 is 165 Å². The largest absolute Gasteiger partial charge is 0.481 e. The molecule has 0 radical (unpaired) electrons. The Morgan fingerprint density at radius 3 is 1.51 bits per heavy atom. The van der Waals surface area contributed by atoms with Crippen LogP contribution < -0.4 is 59.7 Å². The number of aromatic nitrogens is 2. The molecule has 30 nitrogen and oxygen atoms in total. The molecule has 21 N–H and O–H groups in total. The van der Waals surface area contributed by atoms with E-state index in [1.54, 1.807) is 13.8 Å². The molecule has 0 aliphatic heterocycles. The van der Waals surface area contributed by atoms with Gasteiger partial charge in [-0.15, -0.1) is 0 Å². The zero-order valence-corrected chi connectivity index (χ0v) is 40.0. The smallest absolute Gasteiger partial charge is 0.326 e. The molecular weight excluding hydrogens is 945 g/mol. The van der Waals surface area contributed by atoms with Crippen molar-refractivity contribution in [1.82, 2.24) is 52.5 Å². The first kappa shape index (κ1) is 62.0. The first-order valence-electron chi connectivity index (χ1n) is 22.4. The third kappa shape index (κ3) is 22.5. The summed E-state index contributed by atoms with van der Waals surface area (Å²) in [5, 5.41) is 77.4. The summed E-state index contributed by atoms with van der Waals surface area (Å²) >= 11 is 0. The summed E-state index contributed by atoms with van der Waals surface area (Å²) in [6.45, 7) is 4.53. The maximum Gasteiger partial charge on any atom is 0.326 e. The van der Waals surface area contributed by atoms with Crippen molar-refractivity contribution in [3.05, 3.63) is 18.2 Å². The number of carboxylic acid groups (broad SMARTS) is 2. The topological polar surface area (TPSA) is 507 Å². The number of nitrogens with zero attached hydrogens (tertiary/aromatic N) is 2. The van der Waals surface area contributed by atoms with Gasteiger partial charge in [-0.3, -0.25) is 48.1 Å². The van der Waals surface area contributed by atoms with E-state index in [2.05, 4.69) is 57.5 Å². The Kier molecular flexibility index (Phi) is 27.3. The number of nitrogens with two attached hydrogens (primary N) is 3. The molecule has 1 heterocycles. The zero-order chi connectivity index (χ0) is 54.1. The standard InChI is InChI=1S/C41H70N14O16/c1-18(2)11-24(49-32(62)22(42)7-6-10-46-41(43)44)34(64)52-28(16-58)38(68)55-31(20(5)59)39(69)48-23(8-9-29(60)61)33(63)50-25(12-21-13-45-17-47-21)35(65)51-26(14-56)36(66)53-27(15-57)37(67)54-30(19(3)4)40(70)71/h13,17-20,22-28,30-31,56-59H,6-12,14-16,42H2,1-5H3,(H,45,47)(H,48,69)(H,49,62)(H,50,63)(H,51,65)(H,52,64)(H,53,66)(H,54,67)(H,55,68)(H,60,61)(H,70,71)(H4,43,44,46). The van der Waals surface area contributed by atoms with Gasteiger partial charge in [0.25, 0.3) is 0 Å². The zero-order valence-electron chi connectivity index (χ0n) is 40.0. The van der Waals surface area contributed by atoms with Gasteiger partial charge in [0.1, 0.15) is 48.3 Å². The Labute approximate surface area is 407 Å². The van der Waals surface area contributed by atoms with E-state index in [-0.39, 0.29) is 37.0 Å². The minimum Gasteiger partial charge on any atom is -0.481 e. The summed E-state index contributed by atoms with van der Waals surface area (Å²) in [7, 11) is 0. The second-order valence-electron chi connectivity index (χ2n) is 17.1. The van der Waals surface area contributed by atoms with Crippen LogP contribution in [0.15, 0.2) is 17.5 Å². The summed E-state index contributed by atoms with van der Waals surface area (Å²) in [5.41, 5.74) is 16.8. The number of guanidine groups is 1. The normalized spacial score (nSPS) is 15.4. The van der Waals surface area contributed by atoms with Crippen LogP contribution in [-0.2, 0) is 54.4 Å². The number of aliphatic hydroxyl groups excluding tert-OH is 4. The predicted molar refractivity (Wildman–Crippen MR) is 247 cm³/mol. The van der Waals surface area contributed by atoms with Gasteiger partial charge in [0.05, 0.1) is 38.3 Å². The molecule has 0 aromatic carbocycles. The van der Waals surface area contributed by atoms with Crippen molar-refractivity contribution in [2.75, 3.05) is 26.4 Å². The van der Waals surface area contributed by atoms with Crippen LogP contribution in [0.5, 0.6) is 0 Å². The summed E-state index contributed by atoms with van der Waals surface area (Å²) in [4.78, 5) is 140. The van der Waals surface area contributed by atoms with Crippen LogP contribution in [0.4, 0.5) is 0 Å². The summed E-state index contributed by atoms with van der Waals surface area (Å²) in [6.07, 6.45) is -0.540. The number of aliphatic imine (C=N–C) groups is 1. The molecule has 0 saturated carbocycles. The Morgan fingerprint density at radius 1 is 0.620 bits per heavy atom. The van der Waals surface area contributed by atoms with Crippen LogP contribution in [0, 0.1) is 11.8 Å². The maximum absolute atomic E-state index is 13.9. The highest BCUT2D eigenvalue weighted by atomic mass is 16.4. The predicted octanol–water partition coefficient (Wildman–Crippen LogP) is -7.78. The lowest BCUT2D eigenvalue weighted by Gasteiger charge is -2.28. The molecule has 71 heavy (non-hydrogen) atoms. The van der Waals surface area contributed by atoms with E-state index in [4.69, 9.17) is 17.2 Å². The van der Waals surface area contributed by atoms with E-state index in [0.717, 1.165) is 6.92 Å². The molecule has 30 heteroatoms. The SMILES string of the molecule is CC(C)CC(NC(=O)C(N)CCCN=C(N)N)C(=O)NC(CO)C(=O)NC(C(=O)NC(CCC(=O)O)C(=O)NC(Cc1cnc[nH]1)C(=O)NC(CO)C(=O)NC(CO)C(=O)NC(C(=O)O)C(C)C)C(C)O. The number of amides is 8. The lowest BCUT2D eigenvalue weighted by atomic mass is 10.0. The van der Waals surface area contributed by atoms with Crippen LogP contribution >= 0.6 is 0 Å². The van der Waals surface area contributed by atoms with Gasteiger partial charge in [-0.05, 0) is 44.4 Å². The average Bonchev–Trinajstić information content (AvgIpc) is 3.81. The molecule has 0 aliphatic carbocycles. The fourth-order valence-electron chi connectivity index (χ4n) is 6.35. The molecule has 1 rings (SSSR count). The summed E-state index contributed by atoms with van der Waals surface area (Å²) in [6, 6.07) is -14.6. The summed E-state index contributed by atoms with van der Waals surface area (Å²) < 4.78 is 0. The Balaban J connectivity index is 3.31. The van der Waals surface area contributed by atoms with Gasteiger partial charge < -0.3 is 95.4 Å². The van der Waals surface area contributed by atoms with Crippen molar-refractivity contribution < 1.29 is 78.6 Å². The highest BCUT2D eigenvalue weighted by molar-refractivity contribution is 5.98. The van der Waals surface area contributed by atoms with E-state index in [9.17, 15) is 78.6 Å². The van der Waals surface area contributed by atoms with Crippen molar-refractivity contribution in [2.45, 2.75) is 134 Å². The van der Waals surface area contributed by atoms with E-state index >= 15 is 0 Å². The number of aliphatic hydroxyl groups is 4. The number of nitrogens with one attached hydrogen (secondary N) is 9. The Bertz CT molecular complexity index is 1980. The van der Waals surface area contributed by atoms with Gasteiger partial charge in [-0.25, -0.2) is 9.78 Å². The second-order valence-corrected chi connectivity index (χ2v) is 17.1. The third-order valence-electron chi connectivity index (χ3n) is 10.3. The molecule has 0 fully saturated rings.